The van der Waals surface area contributed by atoms with Crippen LogP contribution in [-0.4, -0.2) is 45.5 Å². The largest absolute Gasteiger partial charge is 0.467 e. The van der Waals surface area contributed by atoms with Crippen molar-refractivity contribution in [2.24, 2.45) is 0 Å². The maximum absolute atomic E-state index is 12.1. The number of furan rings is 1. The lowest BCUT2D eigenvalue weighted by atomic mass is 10.2. The van der Waals surface area contributed by atoms with E-state index in [0.29, 0.717) is 10.2 Å². The van der Waals surface area contributed by atoms with E-state index in [-0.39, 0.29) is 16.5 Å². The first kappa shape index (κ1) is 20.6. The molecule has 0 spiro atoms. The molecule has 0 saturated carbocycles. The zero-order valence-electron chi connectivity index (χ0n) is 15.0. The zero-order chi connectivity index (χ0) is 20.0. The van der Waals surface area contributed by atoms with Gasteiger partial charge in [0.2, 0.25) is 0 Å². The van der Waals surface area contributed by atoms with Gasteiger partial charge in [-0.3, -0.25) is 9.63 Å². The lowest BCUT2D eigenvalue weighted by Gasteiger charge is -2.14. The molecule has 0 aliphatic rings. The summed E-state index contributed by atoms with van der Waals surface area (Å²) >= 11 is 0. The van der Waals surface area contributed by atoms with Gasteiger partial charge in [-0.25, -0.2) is 13.2 Å². The summed E-state index contributed by atoms with van der Waals surface area (Å²) in [6.07, 6.45) is 1.49. The fraction of sp³-hybridized carbons (Fsp3) is 0.294. The third-order valence-corrected chi connectivity index (χ3v) is 5.36. The lowest BCUT2D eigenvalue weighted by Crippen LogP contribution is -2.31. The van der Waals surface area contributed by atoms with Crippen LogP contribution in [0.15, 0.2) is 52.0 Å². The predicted octanol–water partition coefficient (Wildman–Crippen LogP) is 1.50. The Labute approximate surface area is 156 Å². The maximum atomic E-state index is 12.1. The first-order valence-corrected chi connectivity index (χ1v) is 9.32. The molecule has 1 atom stereocenters. The minimum absolute atomic E-state index is 0.0478. The van der Waals surface area contributed by atoms with E-state index < -0.39 is 28.5 Å². The molecule has 1 amide bonds. The molecule has 1 aromatic heterocycles. The van der Waals surface area contributed by atoms with Crippen molar-refractivity contribution < 1.29 is 32.0 Å². The van der Waals surface area contributed by atoms with Gasteiger partial charge >= 0.3 is 5.97 Å². The van der Waals surface area contributed by atoms with Crippen LogP contribution in [0, 0.1) is 0 Å². The molecule has 0 saturated heterocycles. The van der Waals surface area contributed by atoms with Gasteiger partial charge in [0, 0.05) is 7.05 Å². The van der Waals surface area contributed by atoms with Crippen LogP contribution < -0.4 is 5.32 Å². The van der Waals surface area contributed by atoms with Crippen LogP contribution in [0.2, 0.25) is 0 Å². The number of amides is 1. The second kappa shape index (κ2) is 8.80. The number of sulfonamides is 1. The number of ether oxygens (including phenoxy) is 1. The van der Waals surface area contributed by atoms with Crippen LogP contribution in [0.5, 0.6) is 0 Å². The molecule has 0 aliphatic heterocycles. The normalized spacial score (nSPS) is 12.6. The second-order valence-electron chi connectivity index (χ2n) is 5.50. The van der Waals surface area contributed by atoms with Crippen LogP contribution in [0.4, 0.5) is 0 Å². The summed E-state index contributed by atoms with van der Waals surface area (Å²) in [5, 5.41) is 2.63. The Bertz CT molecular complexity index is 877. The van der Waals surface area contributed by atoms with Crippen molar-refractivity contribution in [2.45, 2.75) is 17.9 Å². The zero-order valence-corrected chi connectivity index (χ0v) is 15.9. The van der Waals surface area contributed by atoms with Gasteiger partial charge in [0.1, 0.15) is 5.76 Å². The Balaban J connectivity index is 1.91. The first-order valence-electron chi connectivity index (χ1n) is 7.88. The summed E-state index contributed by atoms with van der Waals surface area (Å²) in [6, 6.07) is 8.14. The van der Waals surface area contributed by atoms with E-state index in [0.717, 1.165) is 0 Å². The van der Waals surface area contributed by atoms with Crippen molar-refractivity contribution in [3.05, 3.63) is 54.0 Å². The number of hydroxylamine groups is 1. The van der Waals surface area contributed by atoms with Crippen molar-refractivity contribution in [2.75, 3.05) is 20.8 Å². The highest BCUT2D eigenvalue weighted by molar-refractivity contribution is 7.89. The molecular formula is C17H20N2O7S. The van der Waals surface area contributed by atoms with Gasteiger partial charge < -0.3 is 14.5 Å². The van der Waals surface area contributed by atoms with E-state index in [9.17, 15) is 18.0 Å². The van der Waals surface area contributed by atoms with Crippen LogP contribution in [0.1, 0.15) is 29.1 Å². The van der Waals surface area contributed by atoms with E-state index in [1.54, 1.807) is 19.1 Å². The molecule has 9 nitrogen and oxygen atoms in total. The van der Waals surface area contributed by atoms with E-state index in [2.05, 4.69) is 10.2 Å². The molecule has 2 aromatic rings. The van der Waals surface area contributed by atoms with Crippen LogP contribution in [-0.2, 0) is 24.4 Å². The minimum atomic E-state index is -3.81. The number of carbonyl (C=O) groups excluding carboxylic acids is 2. The molecule has 0 bridgehead atoms. The molecule has 0 unspecified atom stereocenters. The molecule has 2 rings (SSSR count). The van der Waals surface area contributed by atoms with Crippen LogP contribution in [0.25, 0.3) is 0 Å². The monoisotopic (exact) mass is 396 g/mol. The Morgan fingerprint density at radius 2 is 1.89 bits per heavy atom. The highest BCUT2D eigenvalue weighted by atomic mass is 32.2. The minimum Gasteiger partial charge on any atom is -0.467 e. The molecule has 1 N–H and O–H groups in total. The molecule has 0 aliphatic carbocycles. The first-order chi connectivity index (χ1) is 12.8. The van der Waals surface area contributed by atoms with Gasteiger partial charge in [-0.2, -0.15) is 0 Å². The molecule has 1 aromatic carbocycles. The maximum Gasteiger partial charge on any atom is 0.338 e. The van der Waals surface area contributed by atoms with E-state index >= 15 is 0 Å². The Kier molecular flexibility index (Phi) is 6.72. The Hall–Kier alpha value is -2.69. The molecule has 1 heterocycles. The molecule has 10 heteroatoms. The second-order valence-corrected chi connectivity index (χ2v) is 7.44. The van der Waals surface area contributed by atoms with Crippen molar-refractivity contribution in [3.8, 4) is 0 Å². The molecular weight excluding hydrogens is 376 g/mol. The standard InChI is InChI=1S/C17H20N2O7S/c1-12(15-5-4-10-25-15)18-16(20)11-26-17(21)13-6-8-14(9-7-13)27(22,23)19(2)24-3/h4-10,12H,11H2,1-3H3,(H,18,20)/t12-/m0/s1. The summed E-state index contributed by atoms with van der Waals surface area (Å²) in [6.45, 7) is 1.26. The van der Waals surface area contributed by atoms with Gasteiger partial charge in [0.25, 0.3) is 15.9 Å². The average Bonchev–Trinajstić information content (AvgIpc) is 3.20. The molecule has 0 radical (unpaired) electrons. The number of carbonyl (C=O) groups is 2. The van der Waals surface area contributed by atoms with E-state index in [4.69, 9.17) is 9.15 Å². The third kappa shape index (κ3) is 5.16. The van der Waals surface area contributed by atoms with E-state index in [1.807, 2.05) is 0 Å². The van der Waals surface area contributed by atoms with Crippen molar-refractivity contribution in [3.63, 3.8) is 0 Å². The highest BCUT2D eigenvalue weighted by Gasteiger charge is 2.21. The van der Waals surface area contributed by atoms with Crippen LogP contribution >= 0.6 is 0 Å². The van der Waals surface area contributed by atoms with Gasteiger partial charge in [0.05, 0.1) is 29.9 Å². The number of rotatable bonds is 8. The fourth-order valence-electron chi connectivity index (χ4n) is 2.12. The van der Waals surface area contributed by atoms with Crippen LogP contribution in [0.3, 0.4) is 0 Å². The Morgan fingerprint density at radius 1 is 1.22 bits per heavy atom. The summed E-state index contributed by atoms with van der Waals surface area (Å²) in [5.74, 6) is -0.666. The number of nitrogens with one attached hydrogen (secondary N) is 1. The Morgan fingerprint density at radius 3 is 2.44 bits per heavy atom. The number of hydrogen-bond donors (Lipinski definition) is 1. The van der Waals surface area contributed by atoms with Gasteiger partial charge in [-0.15, -0.1) is 0 Å². The third-order valence-electron chi connectivity index (χ3n) is 3.67. The summed E-state index contributed by atoms with van der Waals surface area (Å²) in [4.78, 5) is 28.5. The summed E-state index contributed by atoms with van der Waals surface area (Å²) in [5.41, 5.74) is 0.112. The van der Waals surface area contributed by atoms with Gasteiger partial charge in [0.15, 0.2) is 6.61 Å². The van der Waals surface area contributed by atoms with E-state index in [1.165, 1.54) is 44.7 Å². The SMILES string of the molecule is CON(C)S(=O)(=O)c1ccc(C(=O)OCC(=O)N[C@@H](C)c2ccco2)cc1. The summed E-state index contributed by atoms with van der Waals surface area (Å²) < 4.78 is 35.0. The predicted molar refractivity (Wildman–Crippen MR) is 93.9 cm³/mol. The number of esters is 1. The highest BCUT2D eigenvalue weighted by Crippen LogP contribution is 2.16. The molecule has 27 heavy (non-hydrogen) atoms. The van der Waals surface area contributed by atoms with Crippen molar-refractivity contribution in [1.82, 2.24) is 9.79 Å². The van der Waals surface area contributed by atoms with Crippen molar-refractivity contribution >= 4 is 21.9 Å². The number of benzene rings is 1. The lowest BCUT2D eigenvalue weighted by molar-refractivity contribution is -0.125. The topological polar surface area (TPSA) is 115 Å². The van der Waals surface area contributed by atoms with Gasteiger partial charge in [-0.05, 0) is 43.3 Å². The average molecular weight is 396 g/mol. The van der Waals surface area contributed by atoms with Crippen molar-refractivity contribution in [1.29, 1.82) is 0 Å². The fourth-order valence-corrected chi connectivity index (χ4v) is 3.09. The number of nitrogens with zero attached hydrogens (tertiary/aromatic N) is 1. The molecule has 146 valence electrons. The quantitative estimate of drug-likeness (QED) is 0.531. The number of hydrogen-bond acceptors (Lipinski definition) is 7. The molecule has 0 fully saturated rings. The summed E-state index contributed by atoms with van der Waals surface area (Å²) in [7, 11) is -1.33. The van der Waals surface area contributed by atoms with Gasteiger partial charge in [-0.1, -0.05) is 4.47 Å². The smallest absolute Gasteiger partial charge is 0.338 e.